The molecule has 0 aliphatic carbocycles. The van der Waals surface area contributed by atoms with Gasteiger partial charge in [0.05, 0.1) is 4.92 Å². The first-order chi connectivity index (χ1) is 13.1. The van der Waals surface area contributed by atoms with Gasteiger partial charge < -0.3 is 5.11 Å². The van der Waals surface area contributed by atoms with Gasteiger partial charge in [0, 0.05) is 22.3 Å². The molecule has 0 spiro atoms. The Hall–Kier alpha value is -2.60. The van der Waals surface area contributed by atoms with Gasteiger partial charge in [-0.1, -0.05) is 45.9 Å². The normalized spacial score (nSPS) is 14.7. The van der Waals surface area contributed by atoms with Crippen molar-refractivity contribution in [2.24, 2.45) is 10.2 Å². The number of nitro benzene ring substituents is 1. The topological polar surface area (TPSA) is 105 Å². The number of nitro groups is 1. The number of aromatic carboxylic acids is 1. The Balaban J connectivity index is 1.62. The molecule has 2 aromatic carbocycles. The summed E-state index contributed by atoms with van der Waals surface area (Å²) < 4.78 is 38.9. The highest BCUT2D eigenvalue weighted by molar-refractivity contribution is 8.76. The van der Waals surface area contributed by atoms with E-state index in [1.54, 1.807) is 0 Å². The Labute approximate surface area is 163 Å². The van der Waals surface area contributed by atoms with Gasteiger partial charge in [-0.15, -0.1) is 10.2 Å². The van der Waals surface area contributed by atoms with Gasteiger partial charge in [-0.2, -0.15) is 13.2 Å². The fourth-order valence-electron chi connectivity index (χ4n) is 2.34. The van der Waals surface area contributed by atoms with E-state index in [2.05, 4.69) is 10.2 Å². The molecule has 146 valence electrons. The van der Waals surface area contributed by atoms with Crippen LogP contribution in [0.25, 0.3) is 0 Å². The number of rotatable bonds is 7. The van der Waals surface area contributed by atoms with Crippen LogP contribution in [0.15, 0.2) is 57.6 Å². The third kappa shape index (κ3) is 3.97. The van der Waals surface area contributed by atoms with E-state index in [9.17, 15) is 28.1 Å². The lowest BCUT2D eigenvalue weighted by atomic mass is 10.0. The van der Waals surface area contributed by atoms with Crippen LogP contribution in [-0.4, -0.2) is 22.2 Å². The highest BCUT2D eigenvalue weighted by Gasteiger charge is 2.65. The molecule has 0 atom stereocenters. The van der Waals surface area contributed by atoms with E-state index in [0.717, 1.165) is 11.6 Å². The maximum atomic E-state index is 13.0. The lowest BCUT2D eigenvalue weighted by Gasteiger charge is -2.14. The monoisotopic (exact) mass is 429 g/mol. The smallest absolute Gasteiger partial charge is 0.442 e. The number of alkyl halides is 3. The van der Waals surface area contributed by atoms with Crippen LogP contribution in [0.3, 0.4) is 0 Å². The quantitative estimate of drug-likeness (QED) is 0.358. The first-order valence-corrected chi connectivity index (χ1v) is 9.87. The third-order valence-corrected chi connectivity index (χ3v) is 6.13. The number of hydrogen-bond acceptors (Lipinski definition) is 7. The second-order valence-corrected chi connectivity index (χ2v) is 8.02. The first-order valence-electron chi connectivity index (χ1n) is 7.55. The van der Waals surface area contributed by atoms with Gasteiger partial charge in [0.15, 0.2) is 0 Å². The Morgan fingerprint density at radius 2 is 1.82 bits per heavy atom. The summed E-state index contributed by atoms with van der Waals surface area (Å²) in [4.78, 5) is 21.7. The standard InChI is InChI=1S/C16H10F3N3O4S2/c17-16(18,19)15(20-21-15)10-3-1-9(2-4-10)8-27-28-11-5-6-13(22(25)26)12(7-11)14(23)24/h1-7H,8H2,(H,23,24). The molecule has 2 aromatic rings. The molecule has 28 heavy (non-hydrogen) atoms. The van der Waals surface area contributed by atoms with Crippen molar-refractivity contribution in [3.05, 3.63) is 69.3 Å². The molecule has 1 heterocycles. The summed E-state index contributed by atoms with van der Waals surface area (Å²) in [7, 11) is 2.52. The number of carboxylic acid groups (broad SMARTS) is 1. The van der Waals surface area contributed by atoms with Crippen molar-refractivity contribution in [2.75, 3.05) is 0 Å². The lowest BCUT2D eigenvalue weighted by Crippen LogP contribution is -2.30. The molecule has 0 radical (unpaired) electrons. The van der Waals surface area contributed by atoms with E-state index in [1.165, 1.54) is 58.0 Å². The van der Waals surface area contributed by atoms with E-state index in [1.807, 2.05) is 0 Å². The van der Waals surface area contributed by atoms with Crippen LogP contribution < -0.4 is 0 Å². The number of carbonyl (C=O) groups is 1. The molecule has 0 saturated heterocycles. The van der Waals surface area contributed by atoms with Gasteiger partial charge in [-0.3, -0.25) is 10.1 Å². The minimum atomic E-state index is -4.57. The molecule has 0 unspecified atom stereocenters. The van der Waals surface area contributed by atoms with Crippen LogP contribution in [0.5, 0.6) is 0 Å². The minimum absolute atomic E-state index is 0.0529. The van der Waals surface area contributed by atoms with Crippen molar-refractivity contribution in [3.63, 3.8) is 0 Å². The van der Waals surface area contributed by atoms with Gasteiger partial charge >= 0.3 is 17.8 Å². The highest BCUT2D eigenvalue weighted by Crippen LogP contribution is 2.52. The maximum absolute atomic E-state index is 13.0. The molecular formula is C16H10F3N3O4S2. The molecule has 12 heteroatoms. The molecule has 0 bridgehead atoms. The van der Waals surface area contributed by atoms with Crippen molar-refractivity contribution in [3.8, 4) is 0 Å². The summed E-state index contributed by atoms with van der Waals surface area (Å²) in [6.07, 6.45) is -4.57. The van der Waals surface area contributed by atoms with Gasteiger partial charge in [-0.25, -0.2) is 4.79 Å². The lowest BCUT2D eigenvalue weighted by molar-refractivity contribution is -0.385. The van der Waals surface area contributed by atoms with Crippen molar-refractivity contribution in [1.29, 1.82) is 0 Å². The Morgan fingerprint density at radius 1 is 1.18 bits per heavy atom. The van der Waals surface area contributed by atoms with Gasteiger partial charge in [0.25, 0.3) is 5.69 Å². The number of hydrogen-bond donors (Lipinski definition) is 1. The fraction of sp³-hybridized carbons (Fsp3) is 0.188. The van der Waals surface area contributed by atoms with Crippen LogP contribution in [-0.2, 0) is 11.4 Å². The van der Waals surface area contributed by atoms with Gasteiger partial charge in [0.1, 0.15) is 5.56 Å². The number of carboxylic acids is 1. The molecule has 0 fully saturated rings. The second-order valence-electron chi connectivity index (χ2n) is 5.65. The maximum Gasteiger partial charge on any atom is 0.442 e. The van der Waals surface area contributed by atoms with Gasteiger partial charge in [-0.05, 0) is 17.7 Å². The molecular weight excluding hydrogens is 419 g/mol. The molecule has 3 rings (SSSR count). The van der Waals surface area contributed by atoms with Crippen LogP contribution >= 0.6 is 21.6 Å². The zero-order chi connectivity index (χ0) is 20.5. The van der Waals surface area contributed by atoms with Crippen molar-refractivity contribution in [1.82, 2.24) is 0 Å². The van der Waals surface area contributed by atoms with Crippen LogP contribution in [0, 0.1) is 10.1 Å². The molecule has 0 saturated carbocycles. The molecule has 0 aromatic heterocycles. The largest absolute Gasteiger partial charge is 0.477 e. The van der Waals surface area contributed by atoms with Crippen LogP contribution in [0.2, 0.25) is 0 Å². The number of nitrogens with zero attached hydrogens (tertiary/aromatic N) is 3. The zero-order valence-corrected chi connectivity index (χ0v) is 15.3. The van der Waals surface area contributed by atoms with Crippen LogP contribution in [0.4, 0.5) is 18.9 Å². The minimum Gasteiger partial charge on any atom is -0.477 e. The Kier molecular flexibility index (Phi) is 5.35. The van der Waals surface area contributed by atoms with Crippen molar-refractivity contribution < 1.29 is 28.0 Å². The fourth-order valence-corrected chi connectivity index (χ4v) is 4.46. The summed E-state index contributed by atoms with van der Waals surface area (Å²) in [5, 5.41) is 26.2. The van der Waals surface area contributed by atoms with E-state index in [4.69, 9.17) is 5.11 Å². The summed E-state index contributed by atoms with van der Waals surface area (Å²) in [6, 6.07) is 9.50. The summed E-state index contributed by atoms with van der Waals surface area (Å²) in [5.74, 6) is -0.971. The molecule has 1 aliphatic heterocycles. The predicted octanol–water partition coefficient (Wildman–Crippen LogP) is 5.41. The van der Waals surface area contributed by atoms with E-state index >= 15 is 0 Å². The summed E-state index contributed by atoms with van der Waals surface area (Å²) >= 11 is 0. The van der Waals surface area contributed by atoms with Crippen LogP contribution in [0.1, 0.15) is 21.5 Å². The molecule has 0 amide bonds. The van der Waals surface area contributed by atoms with E-state index < -0.39 is 34.0 Å². The molecule has 7 nitrogen and oxygen atoms in total. The predicted molar refractivity (Wildman–Crippen MR) is 96.2 cm³/mol. The molecule has 1 N–H and O–H groups in total. The third-order valence-electron chi connectivity index (χ3n) is 3.83. The number of halogens is 3. The van der Waals surface area contributed by atoms with Gasteiger partial charge in [0.2, 0.25) is 0 Å². The van der Waals surface area contributed by atoms with Crippen molar-refractivity contribution >= 4 is 33.2 Å². The van der Waals surface area contributed by atoms with Crippen molar-refractivity contribution in [2.45, 2.75) is 22.5 Å². The second kappa shape index (κ2) is 7.43. The average Bonchev–Trinajstić information content (AvgIpc) is 3.44. The average molecular weight is 429 g/mol. The highest BCUT2D eigenvalue weighted by atomic mass is 33.1. The SMILES string of the molecule is O=C(O)c1cc(SSCc2ccc(C3(C(F)(F)F)N=N3)cc2)ccc1[N+](=O)[O-]. The summed E-state index contributed by atoms with van der Waals surface area (Å²) in [6.45, 7) is 0. The zero-order valence-electron chi connectivity index (χ0n) is 13.7. The van der Waals surface area contributed by atoms with E-state index in [0.29, 0.717) is 10.6 Å². The number of benzene rings is 2. The Morgan fingerprint density at radius 3 is 2.32 bits per heavy atom. The molecule has 1 aliphatic rings. The Bertz CT molecular complexity index is 959. The summed E-state index contributed by atoms with van der Waals surface area (Å²) in [5.41, 5.74) is -2.65. The van der Waals surface area contributed by atoms with E-state index in [-0.39, 0.29) is 5.56 Å². The first kappa shape index (κ1) is 20.1.